The summed E-state index contributed by atoms with van der Waals surface area (Å²) in [5.74, 6) is -3.14. The number of nitrogens with zero attached hydrogens (tertiary/aromatic N) is 2. The van der Waals surface area contributed by atoms with Gasteiger partial charge in [0, 0.05) is 17.3 Å². The summed E-state index contributed by atoms with van der Waals surface area (Å²) in [7, 11) is 0. The summed E-state index contributed by atoms with van der Waals surface area (Å²) >= 11 is 0. The Balaban J connectivity index is 2.60. The molecule has 1 heterocycles. The lowest BCUT2D eigenvalue weighted by molar-refractivity contribution is -0.138. The molecule has 0 radical (unpaired) electrons. The number of carbonyl (C=O) groups is 1. The fourth-order valence-corrected chi connectivity index (χ4v) is 2.29. The van der Waals surface area contributed by atoms with E-state index in [1.165, 1.54) is 10.7 Å². The minimum atomic E-state index is -0.977. The minimum absolute atomic E-state index is 0.0934. The van der Waals surface area contributed by atoms with E-state index in [0.717, 1.165) is 12.1 Å². The van der Waals surface area contributed by atoms with Crippen molar-refractivity contribution >= 4 is 5.97 Å². The smallest absolute Gasteiger partial charge is 0.310 e. The molecule has 1 aromatic heterocycles. The van der Waals surface area contributed by atoms with Crippen LogP contribution in [0.25, 0.3) is 5.69 Å². The van der Waals surface area contributed by atoms with Crippen LogP contribution in [0.3, 0.4) is 0 Å². The van der Waals surface area contributed by atoms with Gasteiger partial charge in [-0.2, -0.15) is 5.10 Å². The van der Waals surface area contributed by atoms with Gasteiger partial charge in [-0.3, -0.25) is 4.79 Å². The van der Waals surface area contributed by atoms with Crippen LogP contribution in [-0.2, 0) is 4.79 Å². The topological polar surface area (TPSA) is 55.1 Å². The number of halogens is 2. The lowest BCUT2D eigenvalue weighted by Crippen LogP contribution is -2.10. The van der Waals surface area contributed by atoms with Gasteiger partial charge >= 0.3 is 5.97 Å². The Kier molecular flexibility index (Phi) is 3.57. The fraction of sp³-hybridized carbons (Fsp3) is 0.286. The number of carboxylic acid groups (broad SMARTS) is 1. The molecule has 6 heteroatoms. The van der Waals surface area contributed by atoms with E-state index in [1.54, 1.807) is 20.8 Å². The first-order valence-corrected chi connectivity index (χ1v) is 6.07. The predicted octanol–water partition coefficient (Wildman–Crippen LogP) is 2.96. The van der Waals surface area contributed by atoms with Crippen molar-refractivity contribution in [2.24, 2.45) is 0 Å². The van der Waals surface area contributed by atoms with Crippen LogP contribution >= 0.6 is 0 Å². The van der Waals surface area contributed by atoms with E-state index in [4.69, 9.17) is 5.11 Å². The van der Waals surface area contributed by atoms with Gasteiger partial charge < -0.3 is 5.11 Å². The van der Waals surface area contributed by atoms with Crippen molar-refractivity contribution in [2.45, 2.75) is 26.7 Å². The molecule has 0 amide bonds. The van der Waals surface area contributed by atoms with Crippen LogP contribution in [0.1, 0.15) is 29.8 Å². The number of aliphatic carboxylic acids is 1. The average molecular weight is 280 g/mol. The Bertz CT molecular complexity index is 680. The lowest BCUT2D eigenvalue weighted by atomic mass is 9.99. The van der Waals surface area contributed by atoms with Crippen molar-refractivity contribution in [3.05, 3.63) is 46.8 Å². The van der Waals surface area contributed by atoms with Gasteiger partial charge in [0.25, 0.3) is 0 Å². The largest absolute Gasteiger partial charge is 0.481 e. The molecule has 0 saturated carbocycles. The lowest BCUT2D eigenvalue weighted by Gasteiger charge is -2.09. The monoisotopic (exact) mass is 280 g/mol. The maximum absolute atomic E-state index is 13.8. The normalized spacial score (nSPS) is 12.4. The molecular formula is C14H14F2N2O2. The van der Waals surface area contributed by atoms with E-state index in [9.17, 15) is 13.6 Å². The summed E-state index contributed by atoms with van der Waals surface area (Å²) in [4.78, 5) is 11.1. The van der Waals surface area contributed by atoms with Crippen molar-refractivity contribution < 1.29 is 18.7 Å². The highest BCUT2D eigenvalue weighted by atomic mass is 19.1. The minimum Gasteiger partial charge on any atom is -0.481 e. The van der Waals surface area contributed by atoms with Gasteiger partial charge in [0.1, 0.15) is 11.5 Å². The molecule has 0 fully saturated rings. The van der Waals surface area contributed by atoms with Crippen LogP contribution in [0.15, 0.2) is 18.2 Å². The quantitative estimate of drug-likeness (QED) is 0.940. The molecule has 0 aliphatic heterocycles. The Morgan fingerprint density at radius 1 is 1.35 bits per heavy atom. The number of aryl methyl sites for hydroxylation is 1. The van der Waals surface area contributed by atoms with Crippen molar-refractivity contribution in [2.75, 3.05) is 0 Å². The van der Waals surface area contributed by atoms with Gasteiger partial charge in [-0.15, -0.1) is 0 Å². The second-order valence-electron chi connectivity index (χ2n) is 4.65. The second-order valence-corrected chi connectivity index (χ2v) is 4.65. The van der Waals surface area contributed by atoms with Crippen LogP contribution in [0, 0.1) is 25.5 Å². The summed E-state index contributed by atoms with van der Waals surface area (Å²) in [6.45, 7) is 4.88. The summed E-state index contributed by atoms with van der Waals surface area (Å²) in [5, 5.41) is 13.3. The van der Waals surface area contributed by atoms with Gasteiger partial charge in [-0.1, -0.05) is 0 Å². The molecule has 0 saturated heterocycles. The maximum Gasteiger partial charge on any atom is 0.310 e. The number of aromatic nitrogens is 2. The Morgan fingerprint density at radius 2 is 2.00 bits per heavy atom. The molecule has 0 aliphatic rings. The standard InChI is InChI=1S/C14H14F2N2O2/c1-7(14(19)20)13-8(2)17-18(9(13)3)12-5-4-10(15)6-11(12)16/h4-7H,1-3H3,(H,19,20). The zero-order chi connectivity index (χ0) is 15.0. The molecule has 106 valence electrons. The van der Waals surface area contributed by atoms with Crippen molar-refractivity contribution in [1.82, 2.24) is 9.78 Å². The van der Waals surface area contributed by atoms with Crippen molar-refractivity contribution in [3.63, 3.8) is 0 Å². The number of hydrogen-bond donors (Lipinski definition) is 1. The molecule has 0 aliphatic carbocycles. The summed E-state index contributed by atoms with van der Waals surface area (Å²) < 4.78 is 28.0. The Labute approximate surface area is 114 Å². The molecule has 1 unspecified atom stereocenters. The highest BCUT2D eigenvalue weighted by Gasteiger charge is 2.24. The van der Waals surface area contributed by atoms with Gasteiger partial charge in [-0.25, -0.2) is 13.5 Å². The Morgan fingerprint density at radius 3 is 2.55 bits per heavy atom. The summed E-state index contributed by atoms with van der Waals surface area (Å²) in [6, 6.07) is 3.18. The molecule has 2 rings (SSSR count). The average Bonchev–Trinajstić information content (AvgIpc) is 2.64. The zero-order valence-corrected chi connectivity index (χ0v) is 11.3. The molecule has 20 heavy (non-hydrogen) atoms. The van der Waals surface area contributed by atoms with Crippen LogP contribution < -0.4 is 0 Å². The van der Waals surface area contributed by atoms with E-state index < -0.39 is 23.5 Å². The molecule has 1 aromatic carbocycles. The van der Waals surface area contributed by atoms with E-state index in [0.29, 0.717) is 17.0 Å². The van der Waals surface area contributed by atoms with Gasteiger partial charge in [0.2, 0.25) is 0 Å². The van der Waals surface area contributed by atoms with Crippen molar-refractivity contribution in [1.29, 1.82) is 0 Å². The summed E-state index contributed by atoms with van der Waals surface area (Å²) in [6.07, 6.45) is 0. The van der Waals surface area contributed by atoms with Gasteiger partial charge in [-0.05, 0) is 32.9 Å². The van der Waals surface area contributed by atoms with Crippen molar-refractivity contribution in [3.8, 4) is 5.69 Å². The fourth-order valence-electron chi connectivity index (χ4n) is 2.29. The van der Waals surface area contributed by atoms with Crippen LogP contribution in [0.5, 0.6) is 0 Å². The molecule has 4 nitrogen and oxygen atoms in total. The highest BCUT2D eigenvalue weighted by Crippen LogP contribution is 2.26. The molecule has 1 N–H and O–H groups in total. The number of carboxylic acids is 1. The third-order valence-corrected chi connectivity index (χ3v) is 3.29. The number of benzene rings is 1. The summed E-state index contributed by atoms with van der Waals surface area (Å²) in [5.41, 5.74) is 1.68. The SMILES string of the molecule is Cc1nn(-c2ccc(F)cc2F)c(C)c1C(C)C(=O)O. The first kappa shape index (κ1) is 14.2. The van der Waals surface area contributed by atoms with Crippen LogP contribution in [-0.4, -0.2) is 20.9 Å². The van der Waals surface area contributed by atoms with Crippen LogP contribution in [0.4, 0.5) is 8.78 Å². The third-order valence-electron chi connectivity index (χ3n) is 3.29. The highest BCUT2D eigenvalue weighted by molar-refractivity contribution is 5.76. The second kappa shape index (κ2) is 5.03. The molecule has 0 bridgehead atoms. The number of hydrogen-bond acceptors (Lipinski definition) is 2. The Hall–Kier alpha value is -2.24. The van der Waals surface area contributed by atoms with Crippen LogP contribution in [0.2, 0.25) is 0 Å². The zero-order valence-electron chi connectivity index (χ0n) is 11.3. The van der Waals surface area contributed by atoms with E-state index in [-0.39, 0.29) is 5.69 Å². The third kappa shape index (κ3) is 2.29. The molecular weight excluding hydrogens is 266 g/mol. The van der Waals surface area contributed by atoms with Gasteiger partial charge in [0.15, 0.2) is 5.82 Å². The maximum atomic E-state index is 13.8. The molecule has 0 spiro atoms. The first-order valence-electron chi connectivity index (χ1n) is 6.07. The molecule has 1 atom stereocenters. The van der Waals surface area contributed by atoms with E-state index >= 15 is 0 Å². The van der Waals surface area contributed by atoms with E-state index in [1.807, 2.05) is 0 Å². The first-order chi connectivity index (χ1) is 9.32. The predicted molar refractivity (Wildman–Crippen MR) is 69.0 cm³/mol. The molecule has 2 aromatic rings. The van der Waals surface area contributed by atoms with E-state index in [2.05, 4.69) is 5.10 Å². The van der Waals surface area contributed by atoms with Gasteiger partial charge in [0.05, 0.1) is 11.6 Å². The number of rotatable bonds is 3.